The van der Waals surface area contributed by atoms with Gasteiger partial charge in [0, 0.05) is 6.42 Å². The van der Waals surface area contributed by atoms with Gasteiger partial charge in [0.25, 0.3) is 0 Å². The molecule has 1 unspecified atom stereocenters. The summed E-state index contributed by atoms with van der Waals surface area (Å²) in [5, 5.41) is 34.8. The first-order valence-electron chi connectivity index (χ1n) is 3.22. The standard InChI is InChI=1S/C6H12O5/c7-2-1-4(9)6(11)5(10)3-8/h2,4-6,8-11H,1,3H2/t4-,5?,6-/m1/s1. The molecule has 0 rings (SSSR count). The van der Waals surface area contributed by atoms with Crippen molar-refractivity contribution in [3.63, 3.8) is 0 Å². The average Bonchev–Trinajstić information content (AvgIpc) is 2.02. The molecule has 0 spiro atoms. The van der Waals surface area contributed by atoms with Gasteiger partial charge in [-0.25, -0.2) is 0 Å². The molecule has 0 radical (unpaired) electrons. The van der Waals surface area contributed by atoms with Crippen molar-refractivity contribution < 1.29 is 25.2 Å². The van der Waals surface area contributed by atoms with Gasteiger partial charge >= 0.3 is 0 Å². The van der Waals surface area contributed by atoms with Crippen molar-refractivity contribution in [2.45, 2.75) is 24.7 Å². The highest BCUT2D eigenvalue weighted by atomic mass is 16.4. The van der Waals surface area contributed by atoms with E-state index in [4.69, 9.17) is 20.4 Å². The van der Waals surface area contributed by atoms with Crippen LogP contribution in [0, 0.1) is 0 Å². The molecule has 0 aromatic rings. The van der Waals surface area contributed by atoms with Gasteiger partial charge in [0.1, 0.15) is 18.5 Å². The molecule has 5 nitrogen and oxygen atoms in total. The molecule has 0 aliphatic heterocycles. The quantitative estimate of drug-likeness (QED) is 0.341. The monoisotopic (exact) mass is 164 g/mol. The molecule has 0 heterocycles. The second-order valence-electron chi connectivity index (χ2n) is 2.21. The summed E-state index contributed by atoms with van der Waals surface area (Å²) in [6.07, 6.45) is -4.00. The fourth-order valence-electron chi connectivity index (χ4n) is 0.602. The molecule has 0 fully saturated rings. The minimum Gasteiger partial charge on any atom is -0.394 e. The van der Waals surface area contributed by atoms with Crippen LogP contribution >= 0.6 is 0 Å². The normalized spacial score (nSPS) is 18.9. The molecule has 5 heteroatoms. The van der Waals surface area contributed by atoms with E-state index in [-0.39, 0.29) is 6.42 Å². The van der Waals surface area contributed by atoms with E-state index < -0.39 is 24.9 Å². The predicted molar refractivity (Wildman–Crippen MR) is 35.8 cm³/mol. The first kappa shape index (κ1) is 10.5. The zero-order valence-electron chi connectivity index (χ0n) is 5.92. The molecule has 66 valence electrons. The Kier molecular flexibility index (Phi) is 4.97. The van der Waals surface area contributed by atoms with E-state index in [9.17, 15) is 4.79 Å². The van der Waals surface area contributed by atoms with Crippen molar-refractivity contribution in [3.05, 3.63) is 0 Å². The van der Waals surface area contributed by atoms with Gasteiger partial charge in [0.05, 0.1) is 12.7 Å². The zero-order chi connectivity index (χ0) is 8.85. The van der Waals surface area contributed by atoms with E-state index in [1.807, 2.05) is 0 Å². The van der Waals surface area contributed by atoms with Crippen molar-refractivity contribution in [1.29, 1.82) is 0 Å². The zero-order valence-corrected chi connectivity index (χ0v) is 5.92. The Bertz CT molecular complexity index is 116. The second-order valence-corrected chi connectivity index (χ2v) is 2.21. The van der Waals surface area contributed by atoms with Gasteiger partial charge in [0.15, 0.2) is 0 Å². The molecule has 0 aliphatic carbocycles. The topological polar surface area (TPSA) is 98.0 Å². The van der Waals surface area contributed by atoms with Gasteiger partial charge in [-0.15, -0.1) is 0 Å². The van der Waals surface area contributed by atoms with Gasteiger partial charge in [-0.2, -0.15) is 0 Å². The van der Waals surface area contributed by atoms with E-state index in [0.717, 1.165) is 0 Å². The van der Waals surface area contributed by atoms with Crippen molar-refractivity contribution in [2.75, 3.05) is 6.61 Å². The molecule has 4 N–H and O–H groups in total. The minimum absolute atomic E-state index is 0.252. The highest BCUT2D eigenvalue weighted by Crippen LogP contribution is 2.01. The van der Waals surface area contributed by atoms with Crippen LogP contribution in [0.15, 0.2) is 0 Å². The third-order valence-corrected chi connectivity index (χ3v) is 1.31. The van der Waals surface area contributed by atoms with Crippen LogP contribution in [-0.4, -0.2) is 51.6 Å². The lowest BCUT2D eigenvalue weighted by molar-refractivity contribution is -0.115. The lowest BCUT2D eigenvalue weighted by atomic mass is 10.1. The Labute approximate surface area is 63.9 Å². The maximum absolute atomic E-state index is 9.82. The van der Waals surface area contributed by atoms with Gasteiger partial charge in [-0.1, -0.05) is 0 Å². The fraction of sp³-hybridized carbons (Fsp3) is 0.833. The largest absolute Gasteiger partial charge is 0.394 e. The van der Waals surface area contributed by atoms with E-state index >= 15 is 0 Å². The smallest absolute Gasteiger partial charge is 0.122 e. The van der Waals surface area contributed by atoms with Crippen LogP contribution in [0.5, 0.6) is 0 Å². The molecule has 0 aliphatic rings. The molecule has 0 amide bonds. The Balaban J connectivity index is 3.79. The van der Waals surface area contributed by atoms with E-state index in [1.165, 1.54) is 0 Å². The third kappa shape index (κ3) is 3.43. The summed E-state index contributed by atoms with van der Waals surface area (Å²) in [6.45, 7) is -0.642. The minimum atomic E-state index is -1.47. The highest BCUT2D eigenvalue weighted by Gasteiger charge is 2.23. The van der Waals surface area contributed by atoms with Crippen molar-refractivity contribution >= 4 is 6.29 Å². The van der Waals surface area contributed by atoms with Gasteiger partial charge in [-0.05, 0) is 0 Å². The summed E-state index contributed by atoms with van der Waals surface area (Å²) in [5.41, 5.74) is 0. The van der Waals surface area contributed by atoms with E-state index in [0.29, 0.717) is 6.29 Å². The number of carbonyl (C=O) groups is 1. The molecule has 11 heavy (non-hydrogen) atoms. The highest BCUT2D eigenvalue weighted by molar-refractivity contribution is 5.50. The van der Waals surface area contributed by atoms with E-state index in [2.05, 4.69) is 0 Å². The summed E-state index contributed by atoms with van der Waals surface area (Å²) in [5.74, 6) is 0. The van der Waals surface area contributed by atoms with Crippen LogP contribution in [0.4, 0.5) is 0 Å². The van der Waals surface area contributed by atoms with Crippen LogP contribution in [-0.2, 0) is 4.79 Å². The molecular formula is C6H12O5. The fourth-order valence-corrected chi connectivity index (χ4v) is 0.602. The number of aliphatic hydroxyl groups excluding tert-OH is 4. The predicted octanol–water partition coefficient (Wildman–Crippen LogP) is -2.35. The molecule has 0 saturated heterocycles. The van der Waals surface area contributed by atoms with Gasteiger partial charge in [0.2, 0.25) is 0 Å². The summed E-state index contributed by atoms with van der Waals surface area (Å²) in [7, 11) is 0. The molecule has 3 atom stereocenters. The molecule has 0 aromatic heterocycles. The van der Waals surface area contributed by atoms with Gasteiger partial charge in [-0.3, -0.25) is 0 Å². The van der Waals surface area contributed by atoms with Gasteiger partial charge < -0.3 is 25.2 Å². The summed E-state index contributed by atoms with van der Waals surface area (Å²) < 4.78 is 0. The average molecular weight is 164 g/mol. The number of hydrogen-bond acceptors (Lipinski definition) is 5. The Morgan fingerprint density at radius 2 is 1.73 bits per heavy atom. The molecular weight excluding hydrogens is 152 g/mol. The molecule has 0 bridgehead atoms. The van der Waals surface area contributed by atoms with Crippen molar-refractivity contribution in [2.24, 2.45) is 0 Å². The second kappa shape index (κ2) is 5.20. The van der Waals surface area contributed by atoms with Crippen LogP contribution in [0.2, 0.25) is 0 Å². The number of hydrogen-bond donors (Lipinski definition) is 4. The number of rotatable bonds is 5. The third-order valence-electron chi connectivity index (χ3n) is 1.31. The van der Waals surface area contributed by atoms with Crippen LogP contribution in [0.1, 0.15) is 6.42 Å². The Hall–Kier alpha value is -0.490. The summed E-state index contributed by atoms with van der Waals surface area (Å²) in [4.78, 5) is 9.82. The van der Waals surface area contributed by atoms with Crippen LogP contribution in [0.3, 0.4) is 0 Å². The number of carbonyl (C=O) groups excluding carboxylic acids is 1. The van der Waals surface area contributed by atoms with E-state index in [1.54, 1.807) is 0 Å². The summed E-state index contributed by atoms with van der Waals surface area (Å²) in [6, 6.07) is 0. The maximum Gasteiger partial charge on any atom is 0.122 e. The first-order chi connectivity index (χ1) is 5.13. The van der Waals surface area contributed by atoms with Crippen LogP contribution in [0.25, 0.3) is 0 Å². The first-order valence-corrected chi connectivity index (χ1v) is 3.22. The van der Waals surface area contributed by atoms with Crippen LogP contribution < -0.4 is 0 Å². The number of aliphatic hydroxyl groups is 4. The number of aldehydes is 1. The van der Waals surface area contributed by atoms with Crippen molar-refractivity contribution in [1.82, 2.24) is 0 Å². The molecule has 0 aromatic carbocycles. The van der Waals surface area contributed by atoms with Crippen molar-refractivity contribution in [3.8, 4) is 0 Å². The lowest BCUT2D eigenvalue weighted by Crippen LogP contribution is -2.39. The summed E-state index contributed by atoms with van der Waals surface area (Å²) >= 11 is 0. The lowest BCUT2D eigenvalue weighted by Gasteiger charge is -2.19. The Morgan fingerprint density at radius 1 is 1.18 bits per heavy atom. The molecule has 0 saturated carbocycles. The SMILES string of the molecule is O=CC[C@@H](O)[C@@H](O)C(O)CO. The maximum atomic E-state index is 9.82. The Morgan fingerprint density at radius 3 is 2.09 bits per heavy atom.